The molecule has 34 heavy (non-hydrogen) atoms. The summed E-state index contributed by atoms with van der Waals surface area (Å²) in [7, 11) is 1.63. The second-order valence-corrected chi connectivity index (χ2v) is 10.4. The summed E-state index contributed by atoms with van der Waals surface area (Å²) in [5.41, 5.74) is 2.10. The Kier molecular flexibility index (Phi) is 11.1. The minimum Gasteiger partial charge on any atom is -0.444 e. The van der Waals surface area contributed by atoms with E-state index in [0.29, 0.717) is 6.42 Å². The topological polar surface area (TPSA) is 87.7 Å². The van der Waals surface area contributed by atoms with Crippen molar-refractivity contribution < 1.29 is 19.1 Å². The fourth-order valence-corrected chi connectivity index (χ4v) is 3.95. The zero-order valence-corrected chi connectivity index (χ0v) is 22.7. The van der Waals surface area contributed by atoms with E-state index in [4.69, 9.17) is 4.74 Å². The first-order chi connectivity index (χ1) is 15.7. The summed E-state index contributed by atoms with van der Waals surface area (Å²) in [6.07, 6.45) is 1.82. The number of carbonyl (C=O) groups excluding carboxylic acids is 3. The molecule has 0 aliphatic heterocycles. The summed E-state index contributed by atoms with van der Waals surface area (Å²) in [4.78, 5) is 41.2. The Labute approximate surface area is 206 Å². The van der Waals surface area contributed by atoms with Crippen LogP contribution in [0.3, 0.4) is 0 Å². The van der Waals surface area contributed by atoms with Gasteiger partial charge in [0.15, 0.2) is 0 Å². The third-order valence-electron chi connectivity index (χ3n) is 5.96. The Bertz CT molecular complexity index is 847. The highest BCUT2D eigenvalue weighted by molar-refractivity contribution is 5.92. The van der Waals surface area contributed by atoms with E-state index < -0.39 is 23.8 Å². The molecule has 0 bridgehead atoms. The van der Waals surface area contributed by atoms with Gasteiger partial charge in [-0.05, 0) is 65.0 Å². The van der Waals surface area contributed by atoms with Crippen molar-refractivity contribution in [2.75, 3.05) is 7.05 Å². The van der Waals surface area contributed by atoms with Crippen LogP contribution < -0.4 is 10.6 Å². The number of alkyl carbamates (subject to hydrolysis) is 1. The van der Waals surface area contributed by atoms with Crippen LogP contribution in [0.4, 0.5) is 4.79 Å². The molecule has 0 fully saturated rings. The molecule has 0 aromatic heterocycles. The van der Waals surface area contributed by atoms with Gasteiger partial charge in [0.05, 0.1) is 0 Å². The summed E-state index contributed by atoms with van der Waals surface area (Å²) in [5, 5.41) is 5.82. The number of nitrogens with zero attached hydrogens (tertiary/aromatic N) is 1. The van der Waals surface area contributed by atoms with E-state index in [1.807, 2.05) is 52.8 Å². The highest BCUT2D eigenvalue weighted by Gasteiger charge is 2.37. The van der Waals surface area contributed by atoms with E-state index in [1.165, 1.54) is 4.90 Å². The van der Waals surface area contributed by atoms with E-state index >= 15 is 0 Å². The zero-order valence-electron chi connectivity index (χ0n) is 22.7. The SMILES string of the molecule is CCCC(C)NC(=O)C(c1ccc(C)cc1C)N(C)C(=O)C(NC(=O)OC(C)(C)C)C(C)CC. The maximum Gasteiger partial charge on any atom is 0.408 e. The van der Waals surface area contributed by atoms with Gasteiger partial charge in [0.2, 0.25) is 11.8 Å². The predicted octanol–water partition coefficient (Wildman–Crippen LogP) is 5.05. The third kappa shape index (κ3) is 8.65. The van der Waals surface area contributed by atoms with E-state index in [9.17, 15) is 14.4 Å². The average molecular weight is 476 g/mol. The van der Waals surface area contributed by atoms with Crippen molar-refractivity contribution in [3.05, 3.63) is 34.9 Å². The quantitative estimate of drug-likeness (QED) is 0.496. The summed E-state index contributed by atoms with van der Waals surface area (Å²) in [6, 6.07) is 4.21. The third-order valence-corrected chi connectivity index (χ3v) is 5.96. The predicted molar refractivity (Wildman–Crippen MR) is 137 cm³/mol. The van der Waals surface area contributed by atoms with E-state index in [2.05, 4.69) is 17.6 Å². The lowest BCUT2D eigenvalue weighted by Crippen LogP contribution is -2.54. The van der Waals surface area contributed by atoms with Crippen molar-refractivity contribution in [3.8, 4) is 0 Å². The highest BCUT2D eigenvalue weighted by atomic mass is 16.6. The number of carbonyl (C=O) groups is 3. The number of ether oxygens (including phenoxy) is 1. The molecule has 4 unspecified atom stereocenters. The Hall–Kier alpha value is -2.57. The van der Waals surface area contributed by atoms with Crippen LogP contribution in [0.1, 0.15) is 90.5 Å². The van der Waals surface area contributed by atoms with Crippen molar-refractivity contribution in [3.63, 3.8) is 0 Å². The Morgan fingerprint density at radius 2 is 1.68 bits per heavy atom. The first-order valence-electron chi connectivity index (χ1n) is 12.3. The molecule has 2 N–H and O–H groups in total. The van der Waals surface area contributed by atoms with Crippen LogP contribution in [0, 0.1) is 19.8 Å². The highest BCUT2D eigenvalue weighted by Crippen LogP contribution is 2.26. The number of benzene rings is 1. The van der Waals surface area contributed by atoms with Gasteiger partial charge in [0, 0.05) is 13.1 Å². The van der Waals surface area contributed by atoms with Crippen LogP contribution in [-0.2, 0) is 14.3 Å². The lowest BCUT2D eigenvalue weighted by atomic mass is 9.94. The van der Waals surface area contributed by atoms with Gasteiger partial charge in [-0.15, -0.1) is 0 Å². The maximum absolute atomic E-state index is 13.7. The molecular formula is C27H45N3O4. The molecule has 7 nitrogen and oxygen atoms in total. The van der Waals surface area contributed by atoms with Gasteiger partial charge in [-0.3, -0.25) is 9.59 Å². The number of hydrogen-bond acceptors (Lipinski definition) is 4. The fourth-order valence-electron chi connectivity index (χ4n) is 3.95. The smallest absolute Gasteiger partial charge is 0.408 e. The summed E-state index contributed by atoms with van der Waals surface area (Å²) in [6.45, 7) is 17.2. The van der Waals surface area contributed by atoms with Crippen LogP contribution in [0.5, 0.6) is 0 Å². The molecule has 3 amide bonds. The number of hydrogen-bond donors (Lipinski definition) is 2. The van der Waals surface area contributed by atoms with Crippen molar-refractivity contribution >= 4 is 17.9 Å². The van der Waals surface area contributed by atoms with Crippen molar-refractivity contribution in [2.45, 2.75) is 105 Å². The van der Waals surface area contributed by atoms with Gasteiger partial charge in [-0.25, -0.2) is 4.79 Å². The molecule has 0 spiro atoms. The van der Waals surface area contributed by atoms with Crippen LogP contribution in [0.25, 0.3) is 0 Å². The van der Waals surface area contributed by atoms with Crippen LogP contribution in [-0.4, -0.2) is 47.5 Å². The molecule has 0 radical (unpaired) electrons. The summed E-state index contributed by atoms with van der Waals surface area (Å²) >= 11 is 0. The van der Waals surface area contributed by atoms with E-state index in [0.717, 1.165) is 29.5 Å². The van der Waals surface area contributed by atoms with Crippen molar-refractivity contribution in [2.24, 2.45) is 5.92 Å². The van der Waals surface area contributed by atoms with Crippen molar-refractivity contribution in [1.82, 2.24) is 15.5 Å². The molecular weight excluding hydrogens is 430 g/mol. The number of nitrogens with one attached hydrogen (secondary N) is 2. The van der Waals surface area contributed by atoms with Gasteiger partial charge in [-0.2, -0.15) is 0 Å². The van der Waals surface area contributed by atoms with E-state index in [-0.39, 0.29) is 23.8 Å². The monoisotopic (exact) mass is 475 g/mol. The Balaban J connectivity index is 3.35. The van der Waals surface area contributed by atoms with Crippen LogP contribution in [0.15, 0.2) is 18.2 Å². The lowest BCUT2D eigenvalue weighted by molar-refractivity contribution is -0.142. The maximum atomic E-state index is 13.7. The fraction of sp³-hybridized carbons (Fsp3) is 0.667. The first kappa shape index (κ1) is 29.5. The number of amides is 3. The molecule has 0 aliphatic rings. The lowest BCUT2D eigenvalue weighted by Gasteiger charge is -2.34. The second kappa shape index (κ2) is 12.8. The van der Waals surface area contributed by atoms with Gasteiger partial charge in [0.1, 0.15) is 17.7 Å². The number of aryl methyl sites for hydroxylation is 2. The van der Waals surface area contributed by atoms with Gasteiger partial charge < -0.3 is 20.3 Å². The Morgan fingerprint density at radius 1 is 1.06 bits per heavy atom. The zero-order chi connectivity index (χ0) is 26.2. The molecule has 192 valence electrons. The molecule has 0 saturated heterocycles. The summed E-state index contributed by atoms with van der Waals surface area (Å²) < 4.78 is 5.40. The van der Waals surface area contributed by atoms with Crippen LogP contribution >= 0.6 is 0 Å². The molecule has 1 aromatic rings. The summed E-state index contributed by atoms with van der Waals surface area (Å²) in [5.74, 6) is -0.711. The van der Waals surface area contributed by atoms with E-state index in [1.54, 1.807) is 27.8 Å². The Morgan fingerprint density at radius 3 is 2.18 bits per heavy atom. The molecule has 7 heteroatoms. The van der Waals surface area contributed by atoms with Gasteiger partial charge in [-0.1, -0.05) is 57.4 Å². The van der Waals surface area contributed by atoms with Gasteiger partial charge >= 0.3 is 6.09 Å². The van der Waals surface area contributed by atoms with Gasteiger partial charge in [0.25, 0.3) is 0 Å². The molecule has 0 heterocycles. The largest absolute Gasteiger partial charge is 0.444 e. The first-order valence-corrected chi connectivity index (χ1v) is 12.3. The van der Waals surface area contributed by atoms with Crippen LogP contribution in [0.2, 0.25) is 0 Å². The molecule has 0 saturated carbocycles. The minimum absolute atomic E-state index is 0.0143. The standard InChI is InChI=1S/C27H45N3O4/c1-11-13-20(6)28-24(31)23(21-15-14-17(3)16-19(21)5)30(10)25(32)22(18(4)12-2)29-26(33)34-27(7,8)9/h14-16,18,20,22-23H,11-13H2,1-10H3,(H,28,31)(H,29,33). The minimum atomic E-state index is -0.820. The number of likely N-dealkylation sites (N-methyl/N-ethyl adjacent to an activating group) is 1. The normalized spacial score (nSPS) is 15.0. The average Bonchev–Trinajstić information content (AvgIpc) is 2.71. The van der Waals surface area contributed by atoms with Crippen molar-refractivity contribution in [1.29, 1.82) is 0 Å². The molecule has 1 aromatic carbocycles. The number of rotatable bonds is 10. The second-order valence-electron chi connectivity index (χ2n) is 10.4. The molecule has 4 atom stereocenters. The molecule has 1 rings (SSSR count). The molecule has 0 aliphatic carbocycles.